The number of hydrogen-bond acceptors (Lipinski definition) is 4. The van der Waals surface area contributed by atoms with Gasteiger partial charge in [-0.05, 0) is 48.6 Å². The largest absolute Gasteiger partial charge is 0.497 e. The van der Waals surface area contributed by atoms with E-state index in [1.807, 2.05) is 95.8 Å². The molecule has 0 saturated heterocycles. The number of hydrogen-bond donors (Lipinski definition) is 2. The molecule has 0 saturated carbocycles. The minimum Gasteiger partial charge on any atom is -0.497 e. The molecule has 0 fully saturated rings. The monoisotopic (exact) mass is 427 g/mol. The topological polar surface area (TPSA) is 63.5 Å². The molecule has 0 aliphatic heterocycles. The Bertz CT molecular complexity index is 1170. The van der Waals surface area contributed by atoms with Gasteiger partial charge in [0, 0.05) is 23.0 Å². The lowest BCUT2D eigenvalue weighted by Crippen LogP contribution is -2.23. The summed E-state index contributed by atoms with van der Waals surface area (Å²) in [6.45, 7) is 0. The standard InChI is InChI=1S/C24H21N5OS/c1-30-22-14-12-20(13-15-22)26-24(31)27-25-16-19-17-29(21-10-6-3-7-11-21)28-23(19)18-8-4-2-5-9-18/h2-17H,1H3,(H2,26,27,31)/b25-16+. The maximum atomic E-state index is 5.33. The lowest BCUT2D eigenvalue weighted by molar-refractivity contribution is 0.415. The van der Waals surface area contributed by atoms with Gasteiger partial charge in [0.25, 0.3) is 0 Å². The Balaban J connectivity index is 1.51. The molecule has 0 unspecified atom stereocenters. The van der Waals surface area contributed by atoms with Gasteiger partial charge in [0.1, 0.15) is 11.4 Å². The van der Waals surface area contributed by atoms with Gasteiger partial charge in [0.15, 0.2) is 5.11 Å². The normalized spacial score (nSPS) is 10.7. The number of benzene rings is 3. The molecule has 7 heteroatoms. The van der Waals surface area contributed by atoms with Gasteiger partial charge in [-0.1, -0.05) is 48.5 Å². The number of nitrogens with one attached hydrogen (secondary N) is 2. The highest BCUT2D eigenvalue weighted by atomic mass is 32.1. The lowest BCUT2D eigenvalue weighted by atomic mass is 10.1. The highest BCUT2D eigenvalue weighted by Crippen LogP contribution is 2.22. The van der Waals surface area contributed by atoms with Gasteiger partial charge in [0.2, 0.25) is 0 Å². The summed E-state index contributed by atoms with van der Waals surface area (Å²) in [4.78, 5) is 0. The molecule has 0 aliphatic carbocycles. The molecule has 0 aliphatic rings. The van der Waals surface area contributed by atoms with Gasteiger partial charge in [-0.2, -0.15) is 10.2 Å². The number of aromatic nitrogens is 2. The quantitative estimate of drug-likeness (QED) is 0.261. The number of anilines is 1. The molecule has 0 radical (unpaired) electrons. The fourth-order valence-electron chi connectivity index (χ4n) is 3.01. The van der Waals surface area contributed by atoms with Crippen LogP contribution in [0, 0.1) is 0 Å². The van der Waals surface area contributed by atoms with Gasteiger partial charge >= 0.3 is 0 Å². The highest BCUT2D eigenvalue weighted by Gasteiger charge is 2.10. The van der Waals surface area contributed by atoms with Gasteiger partial charge in [-0.3, -0.25) is 5.43 Å². The van der Waals surface area contributed by atoms with E-state index in [-0.39, 0.29) is 0 Å². The molecule has 0 amide bonds. The summed E-state index contributed by atoms with van der Waals surface area (Å²) in [5, 5.41) is 12.6. The van der Waals surface area contributed by atoms with Crippen LogP contribution in [0.15, 0.2) is 96.2 Å². The third kappa shape index (κ3) is 5.15. The zero-order valence-electron chi connectivity index (χ0n) is 16.9. The number of hydrazone groups is 1. The van der Waals surface area contributed by atoms with Crippen LogP contribution in [0.3, 0.4) is 0 Å². The second-order valence-electron chi connectivity index (χ2n) is 6.63. The predicted molar refractivity (Wildman–Crippen MR) is 129 cm³/mol. The average Bonchev–Trinajstić information content (AvgIpc) is 3.25. The van der Waals surface area contributed by atoms with E-state index in [0.29, 0.717) is 5.11 Å². The zero-order chi connectivity index (χ0) is 21.5. The molecule has 0 spiro atoms. The molecular formula is C24H21N5OS. The third-order valence-electron chi connectivity index (χ3n) is 4.53. The van der Waals surface area contributed by atoms with E-state index in [1.54, 1.807) is 13.3 Å². The second-order valence-corrected chi connectivity index (χ2v) is 7.04. The van der Waals surface area contributed by atoms with Crippen molar-refractivity contribution in [3.8, 4) is 22.7 Å². The van der Waals surface area contributed by atoms with Crippen LogP contribution in [0.5, 0.6) is 5.75 Å². The van der Waals surface area contributed by atoms with Crippen molar-refractivity contribution >= 4 is 29.2 Å². The zero-order valence-corrected chi connectivity index (χ0v) is 17.7. The molecule has 4 aromatic rings. The Hall–Kier alpha value is -3.97. The van der Waals surface area contributed by atoms with E-state index in [9.17, 15) is 0 Å². The number of ether oxygens (including phenoxy) is 1. The Morgan fingerprint density at radius 1 is 0.968 bits per heavy atom. The smallest absolute Gasteiger partial charge is 0.191 e. The minimum absolute atomic E-state index is 0.387. The highest BCUT2D eigenvalue weighted by molar-refractivity contribution is 7.80. The molecule has 6 nitrogen and oxygen atoms in total. The Morgan fingerprint density at radius 2 is 1.65 bits per heavy atom. The van der Waals surface area contributed by atoms with E-state index >= 15 is 0 Å². The molecule has 2 N–H and O–H groups in total. The van der Waals surface area contributed by atoms with E-state index in [4.69, 9.17) is 22.1 Å². The van der Waals surface area contributed by atoms with Crippen LogP contribution in [0.25, 0.3) is 16.9 Å². The molecule has 3 aromatic carbocycles. The molecule has 0 atom stereocenters. The predicted octanol–water partition coefficient (Wildman–Crippen LogP) is 4.87. The summed E-state index contributed by atoms with van der Waals surface area (Å²) in [6.07, 6.45) is 3.67. The van der Waals surface area contributed by atoms with E-state index in [2.05, 4.69) is 15.8 Å². The van der Waals surface area contributed by atoms with Crippen LogP contribution in [-0.4, -0.2) is 28.2 Å². The summed E-state index contributed by atoms with van der Waals surface area (Å²) in [5.41, 5.74) is 7.40. The maximum Gasteiger partial charge on any atom is 0.191 e. The van der Waals surface area contributed by atoms with Crippen LogP contribution in [0.2, 0.25) is 0 Å². The maximum absolute atomic E-state index is 5.33. The number of para-hydroxylation sites is 1. The summed E-state index contributed by atoms with van der Waals surface area (Å²) in [7, 11) is 1.63. The van der Waals surface area contributed by atoms with E-state index in [0.717, 1.165) is 33.9 Å². The Kier molecular flexibility index (Phi) is 6.35. The Labute approximate surface area is 186 Å². The number of methoxy groups -OCH3 is 1. The molecule has 0 bridgehead atoms. The molecular weight excluding hydrogens is 406 g/mol. The number of thiocarbonyl (C=S) groups is 1. The van der Waals surface area contributed by atoms with Crippen molar-refractivity contribution in [3.63, 3.8) is 0 Å². The van der Waals surface area contributed by atoms with Crippen LogP contribution in [0.1, 0.15) is 5.56 Å². The fraction of sp³-hybridized carbons (Fsp3) is 0.0417. The molecule has 1 aromatic heterocycles. The van der Waals surface area contributed by atoms with Gasteiger partial charge < -0.3 is 10.1 Å². The summed E-state index contributed by atoms with van der Waals surface area (Å²) < 4.78 is 7.01. The first kappa shape index (κ1) is 20.3. The van der Waals surface area contributed by atoms with Crippen molar-refractivity contribution in [1.82, 2.24) is 15.2 Å². The van der Waals surface area contributed by atoms with Crippen molar-refractivity contribution in [2.75, 3.05) is 12.4 Å². The van der Waals surface area contributed by atoms with Gasteiger partial charge in [-0.25, -0.2) is 4.68 Å². The van der Waals surface area contributed by atoms with Crippen LogP contribution in [0.4, 0.5) is 5.69 Å². The van der Waals surface area contributed by atoms with Crippen molar-refractivity contribution < 1.29 is 4.74 Å². The first-order chi connectivity index (χ1) is 15.2. The van der Waals surface area contributed by atoms with E-state index < -0.39 is 0 Å². The van der Waals surface area contributed by atoms with Crippen LogP contribution >= 0.6 is 12.2 Å². The summed E-state index contributed by atoms with van der Waals surface area (Å²) in [5.74, 6) is 0.784. The summed E-state index contributed by atoms with van der Waals surface area (Å²) in [6, 6.07) is 27.5. The fourth-order valence-corrected chi connectivity index (χ4v) is 3.18. The SMILES string of the molecule is COc1ccc(NC(=S)N/N=C/c2cn(-c3ccccc3)nc2-c2ccccc2)cc1. The molecule has 31 heavy (non-hydrogen) atoms. The number of nitrogens with zero attached hydrogens (tertiary/aromatic N) is 3. The molecule has 154 valence electrons. The second kappa shape index (κ2) is 9.69. The molecule has 4 rings (SSSR count). The van der Waals surface area contributed by atoms with Crippen molar-refractivity contribution in [3.05, 3.63) is 96.7 Å². The first-order valence-electron chi connectivity index (χ1n) is 9.67. The summed E-state index contributed by atoms with van der Waals surface area (Å²) >= 11 is 5.33. The minimum atomic E-state index is 0.387. The van der Waals surface area contributed by atoms with Gasteiger partial charge in [0.05, 0.1) is 19.0 Å². The Morgan fingerprint density at radius 3 is 2.32 bits per heavy atom. The van der Waals surface area contributed by atoms with E-state index in [1.165, 1.54) is 0 Å². The van der Waals surface area contributed by atoms with Crippen molar-refractivity contribution in [2.45, 2.75) is 0 Å². The van der Waals surface area contributed by atoms with Crippen LogP contribution < -0.4 is 15.5 Å². The van der Waals surface area contributed by atoms with Crippen LogP contribution in [-0.2, 0) is 0 Å². The third-order valence-corrected chi connectivity index (χ3v) is 4.72. The van der Waals surface area contributed by atoms with Crippen molar-refractivity contribution in [1.29, 1.82) is 0 Å². The van der Waals surface area contributed by atoms with Crippen molar-refractivity contribution in [2.24, 2.45) is 5.10 Å². The molecule has 1 heterocycles. The lowest BCUT2D eigenvalue weighted by Gasteiger charge is -2.07. The number of rotatable bonds is 6. The first-order valence-corrected chi connectivity index (χ1v) is 10.1. The average molecular weight is 428 g/mol. The van der Waals surface area contributed by atoms with Gasteiger partial charge in [-0.15, -0.1) is 0 Å².